The molecule has 12 heteroatoms. The molecular weight excluding hydrogens is 775 g/mol. The predicted octanol–water partition coefficient (Wildman–Crippen LogP) is 6.65. The Labute approximate surface area is 353 Å². The number of nitrogens with one attached hydrogen (secondary N) is 2. The van der Waals surface area contributed by atoms with Crippen LogP contribution in [0.2, 0.25) is 10.0 Å². The van der Waals surface area contributed by atoms with Gasteiger partial charge in [-0.15, -0.1) is 0 Å². The molecule has 0 bridgehead atoms. The van der Waals surface area contributed by atoms with Crippen LogP contribution < -0.4 is 10.6 Å². The highest BCUT2D eigenvalue weighted by Crippen LogP contribution is 2.47. The molecule has 2 aliphatic rings. The summed E-state index contributed by atoms with van der Waals surface area (Å²) in [7, 11) is 0. The van der Waals surface area contributed by atoms with Gasteiger partial charge in [0.1, 0.15) is 12.1 Å². The Hall–Kier alpha value is -3.96. The summed E-state index contributed by atoms with van der Waals surface area (Å²) in [6.45, 7) is 16.6. The van der Waals surface area contributed by atoms with Crippen molar-refractivity contribution in [1.82, 2.24) is 20.4 Å². The fourth-order valence-electron chi connectivity index (χ4n) is 8.63. The van der Waals surface area contributed by atoms with Crippen LogP contribution in [-0.2, 0) is 43.2 Å². The summed E-state index contributed by atoms with van der Waals surface area (Å²) in [6.07, 6.45) is 0.691. The van der Waals surface area contributed by atoms with Crippen molar-refractivity contribution in [3.8, 4) is 0 Å². The van der Waals surface area contributed by atoms with Crippen LogP contribution in [0.15, 0.2) is 72.8 Å². The van der Waals surface area contributed by atoms with Crippen molar-refractivity contribution in [1.29, 1.82) is 0 Å². The molecule has 2 heterocycles. The standard InChI is InChI=1S/C46H60Cl2N4O6/c1-29(2)39(41(55)51-22-20-45(57,43(5,6)27-51)33-12-16-35(47)17-13-33)49-37(53)25-31-10-9-11-32(24-31)26-38(54)50-40(30(3)4)42(56)52-23-21-46(58,44(7,8)28-52)34-14-18-36(48)19-15-34/h9-19,24,29-30,39-40,57-58H,20-23,25-28H2,1-8H3,(H,49,53)(H,50,54)/t39-,40+,45-,46-/m0/s1. The molecule has 5 rings (SSSR count). The number of piperidine rings is 2. The zero-order valence-electron chi connectivity index (χ0n) is 35.1. The fraction of sp³-hybridized carbons (Fsp3) is 0.522. The first kappa shape index (κ1) is 45.1. The number of likely N-dealkylation sites (tertiary alicyclic amines) is 2. The van der Waals surface area contributed by atoms with Gasteiger partial charge in [0.2, 0.25) is 23.6 Å². The normalized spacial score (nSPS) is 22.7. The van der Waals surface area contributed by atoms with Crippen molar-refractivity contribution in [2.45, 2.75) is 104 Å². The predicted molar refractivity (Wildman–Crippen MR) is 228 cm³/mol. The summed E-state index contributed by atoms with van der Waals surface area (Å²) in [5.41, 5.74) is -0.788. The smallest absolute Gasteiger partial charge is 0.245 e. The van der Waals surface area contributed by atoms with E-state index in [-0.39, 0.29) is 48.3 Å². The van der Waals surface area contributed by atoms with E-state index in [9.17, 15) is 29.4 Å². The Bertz CT molecular complexity index is 1830. The number of rotatable bonds is 12. The van der Waals surface area contributed by atoms with Gasteiger partial charge < -0.3 is 30.6 Å². The van der Waals surface area contributed by atoms with Gasteiger partial charge >= 0.3 is 0 Å². The molecule has 3 aromatic rings. The van der Waals surface area contributed by atoms with Crippen LogP contribution in [-0.4, -0.2) is 81.9 Å². The van der Waals surface area contributed by atoms with E-state index in [0.29, 0.717) is 60.2 Å². The second-order valence-corrected chi connectivity index (χ2v) is 19.1. The molecule has 0 spiro atoms. The van der Waals surface area contributed by atoms with Gasteiger partial charge in [0.25, 0.3) is 0 Å². The van der Waals surface area contributed by atoms with Crippen molar-refractivity contribution in [2.75, 3.05) is 26.2 Å². The molecule has 0 unspecified atom stereocenters. The molecular formula is C46H60Cl2N4O6. The summed E-state index contributed by atoms with van der Waals surface area (Å²) in [6, 6.07) is 20.0. The summed E-state index contributed by atoms with van der Waals surface area (Å²) in [5, 5.41) is 30.7. The maximum atomic E-state index is 13.9. The van der Waals surface area contributed by atoms with Gasteiger partial charge in [0, 0.05) is 47.1 Å². The lowest BCUT2D eigenvalue weighted by atomic mass is 9.66. The van der Waals surface area contributed by atoms with E-state index in [0.717, 1.165) is 11.1 Å². The van der Waals surface area contributed by atoms with E-state index in [2.05, 4.69) is 10.6 Å². The monoisotopic (exact) mass is 834 g/mol. The first-order chi connectivity index (χ1) is 27.1. The molecule has 0 aromatic heterocycles. The average molecular weight is 836 g/mol. The van der Waals surface area contributed by atoms with Crippen LogP contribution in [0.1, 0.15) is 90.5 Å². The highest BCUT2D eigenvalue weighted by atomic mass is 35.5. The SMILES string of the molecule is CC(C)[C@H](NC(=O)Cc1cccc(CC(=O)N[C@@H](C(=O)N2CC[C@](O)(c3ccc(Cl)cc3)C(C)(C)C2)C(C)C)c1)C(=O)N1CC[C@](O)(c2ccc(Cl)cc2)C(C)(C)C1. The minimum atomic E-state index is -1.16. The second kappa shape index (κ2) is 17.7. The lowest BCUT2D eigenvalue weighted by molar-refractivity contribution is -0.157. The molecule has 0 radical (unpaired) electrons. The van der Waals surface area contributed by atoms with Crippen molar-refractivity contribution in [2.24, 2.45) is 22.7 Å². The van der Waals surface area contributed by atoms with Gasteiger partial charge in [-0.3, -0.25) is 19.2 Å². The van der Waals surface area contributed by atoms with Crippen molar-refractivity contribution in [3.05, 3.63) is 105 Å². The zero-order valence-corrected chi connectivity index (χ0v) is 36.6. The Morgan fingerprint density at radius 1 is 0.621 bits per heavy atom. The summed E-state index contributed by atoms with van der Waals surface area (Å²) >= 11 is 12.2. The topological polar surface area (TPSA) is 139 Å². The van der Waals surface area contributed by atoms with Gasteiger partial charge in [0.15, 0.2) is 0 Å². The van der Waals surface area contributed by atoms with Crippen molar-refractivity contribution >= 4 is 46.8 Å². The van der Waals surface area contributed by atoms with E-state index < -0.39 is 34.1 Å². The Kier molecular flexibility index (Phi) is 13.8. The van der Waals surface area contributed by atoms with Crippen LogP contribution >= 0.6 is 23.2 Å². The van der Waals surface area contributed by atoms with Gasteiger partial charge in [0.05, 0.1) is 24.0 Å². The maximum Gasteiger partial charge on any atom is 0.245 e. The Balaban J connectivity index is 1.17. The van der Waals surface area contributed by atoms with Gasteiger partial charge in [-0.25, -0.2) is 0 Å². The Morgan fingerprint density at radius 2 is 0.966 bits per heavy atom. The number of benzene rings is 3. The summed E-state index contributed by atoms with van der Waals surface area (Å²) < 4.78 is 0. The molecule has 0 aliphatic carbocycles. The molecule has 3 aromatic carbocycles. The number of hydrogen-bond donors (Lipinski definition) is 4. The number of nitrogens with zero attached hydrogens (tertiary/aromatic N) is 2. The van der Waals surface area contributed by atoms with Crippen LogP contribution in [0, 0.1) is 22.7 Å². The molecule has 10 nitrogen and oxygen atoms in total. The number of halogens is 2. The van der Waals surface area contributed by atoms with Crippen LogP contribution in [0.5, 0.6) is 0 Å². The molecule has 58 heavy (non-hydrogen) atoms. The molecule has 2 fully saturated rings. The minimum Gasteiger partial charge on any atom is -0.384 e. The number of hydrogen-bond acceptors (Lipinski definition) is 6. The number of amides is 4. The number of carbonyl (C=O) groups excluding carboxylic acids is 4. The van der Waals surface area contributed by atoms with Crippen LogP contribution in [0.3, 0.4) is 0 Å². The minimum absolute atomic E-state index is 0.00793. The summed E-state index contributed by atoms with van der Waals surface area (Å²) in [4.78, 5) is 58.2. The largest absolute Gasteiger partial charge is 0.384 e. The third-order valence-corrected chi connectivity index (χ3v) is 12.9. The van der Waals surface area contributed by atoms with Crippen LogP contribution in [0.25, 0.3) is 0 Å². The highest BCUT2D eigenvalue weighted by molar-refractivity contribution is 6.30. The first-order valence-corrected chi connectivity index (χ1v) is 21.0. The number of carbonyl (C=O) groups is 4. The van der Waals surface area contributed by atoms with Crippen molar-refractivity contribution < 1.29 is 29.4 Å². The lowest BCUT2D eigenvalue weighted by Crippen LogP contribution is -2.60. The van der Waals surface area contributed by atoms with E-state index in [1.807, 2.05) is 91.8 Å². The van der Waals surface area contributed by atoms with Crippen LogP contribution in [0.4, 0.5) is 0 Å². The van der Waals surface area contributed by atoms with E-state index in [4.69, 9.17) is 23.2 Å². The fourth-order valence-corrected chi connectivity index (χ4v) is 8.88. The highest BCUT2D eigenvalue weighted by Gasteiger charge is 2.51. The van der Waals surface area contributed by atoms with Crippen molar-refractivity contribution in [3.63, 3.8) is 0 Å². The molecule has 4 atom stereocenters. The second-order valence-electron chi connectivity index (χ2n) is 18.3. The van der Waals surface area contributed by atoms with Gasteiger partial charge in [-0.2, -0.15) is 0 Å². The molecule has 2 saturated heterocycles. The number of aliphatic hydroxyl groups is 2. The first-order valence-electron chi connectivity index (χ1n) is 20.3. The third kappa shape index (κ3) is 9.73. The van der Waals surface area contributed by atoms with E-state index in [1.54, 1.807) is 46.2 Å². The van der Waals surface area contributed by atoms with E-state index >= 15 is 0 Å². The van der Waals surface area contributed by atoms with E-state index in [1.165, 1.54) is 0 Å². The molecule has 0 saturated carbocycles. The summed E-state index contributed by atoms with van der Waals surface area (Å²) in [5.74, 6) is -1.40. The molecule has 314 valence electrons. The lowest BCUT2D eigenvalue weighted by Gasteiger charge is -2.51. The van der Waals surface area contributed by atoms with Gasteiger partial charge in [-0.1, -0.05) is 127 Å². The molecule has 2 aliphatic heterocycles. The zero-order chi connectivity index (χ0) is 42.8. The Morgan fingerprint density at radius 3 is 1.28 bits per heavy atom. The average Bonchev–Trinajstić information content (AvgIpc) is 3.15. The third-order valence-electron chi connectivity index (χ3n) is 12.4. The molecule has 4 amide bonds. The molecule has 4 N–H and O–H groups in total. The maximum absolute atomic E-state index is 13.9. The van der Waals surface area contributed by atoms with Gasteiger partial charge in [-0.05, 0) is 71.2 Å². The quantitative estimate of drug-likeness (QED) is 0.161.